The second-order valence-electron chi connectivity index (χ2n) is 9.23. The lowest BCUT2D eigenvalue weighted by Gasteiger charge is -2.29. The fraction of sp³-hybridized carbons (Fsp3) is 0.444. The Labute approximate surface area is 206 Å². The van der Waals surface area contributed by atoms with E-state index in [2.05, 4.69) is 9.88 Å². The molecule has 1 aromatic heterocycles. The van der Waals surface area contributed by atoms with Crippen molar-refractivity contribution in [3.8, 4) is 5.75 Å². The van der Waals surface area contributed by atoms with Crippen LogP contribution in [0.2, 0.25) is 0 Å². The molecule has 1 aromatic carbocycles. The van der Waals surface area contributed by atoms with Gasteiger partial charge in [-0.25, -0.2) is 0 Å². The van der Waals surface area contributed by atoms with Crippen molar-refractivity contribution < 1.29 is 24.2 Å². The topological polar surface area (TPSA) is 92.2 Å². The standard InChI is InChI=1S/C27H33N3O5/c1-18(2)35-21-7-8-22(19(3)16-21)25(31)23-24(20-6-4-9-28-17-20)30(27(33)26(23)32)11-5-10-29-12-14-34-15-13-29/h4,6-9,16-18,24,31H,5,10-15H2,1-3H3/t24-/m1/s1. The van der Waals surface area contributed by atoms with Crippen LogP contribution in [0.25, 0.3) is 5.76 Å². The normalized spacial score (nSPS) is 20.6. The Balaban J connectivity index is 1.66. The lowest BCUT2D eigenvalue weighted by Crippen LogP contribution is -2.39. The summed E-state index contributed by atoms with van der Waals surface area (Å²) in [5.41, 5.74) is 2.04. The predicted molar refractivity (Wildman–Crippen MR) is 132 cm³/mol. The molecule has 0 bridgehead atoms. The first-order valence-corrected chi connectivity index (χ1v) is 12.1. The Hall–Kier alpha value is -3.23. The number of aromatic nitrogens is 1. The molecule has 8 nitrogen and oxygen atoms in total. The van der Waals surface area contributed by atoms with Crippen LogP contribution in [0.3, 0.4) is 0 Å². The van der Waals surface area contributed by atoms with Crippen LogP contribution >= 0.6 is 0 Å². The summed E-state index contributed by atoms with van der Waals surface area (Å²) in [7, 11) is 0. The Morgan fingerprint density at radius 1 is 1.20 bits per heavy atom. The van der Waals surface area contributed by atoms with Gasteiger partial charge >= 0.3 is 0 Å². The number of aliphatic hydroxyl groups is 1. The maximum Gasteiger partial charge on any atom is 0.295 e. The molecule has 1 atom stereocenters. The van der Waals surface area contributed by atoms with Crippen LogP contribution in [0.1, 0.15) is 43.0 Å². The van der Waals surface area contributed by atoms with Crippen molar-refractivity contribution in [1.82, 2.24) is 14.8 Å². The van der Waals surface area contributed by atoms with Gasteiger partial charge in [0.15, 0.2) is 0 Å². The second-order valence-corrected chi connectivity index (χ2v) is 9.23. The Morgan fingerprint density at radius 2 is 1.97 bits per heavy atom. The van der Waals surface area contributed by atoms with Gasteiger partial charge in [0.2, 0.25) is 0 Å². The number of ether oxygens (including phenoxy) is 2. The number of likely N-dealkylation sites (tertiary alicyclic amines) is 1. The van der Waals surface area contributed by atoms with Crippen molar-refractivity contribution in [2.24, 2.45) is 0 Å². The van der Waals surface area contributed by atoms with E-state index in [1.165, 1.54) is 0 Å². The number of aliphatic hydroxyl groups excluding tert-OH is 1. The van der Waals surface area contributed by atoms with Gasteiger partial charge in [-0.2, -0.15) is 0 Å². The highest BCUT2D eigenvalue weighted by atomic mass is 16.5. The lowest BCUT2D eigenvalue weighted by atomic mass is 9.94. The molecule has 0 saturated carbocycles. The van der Waals surface area contributed by atoms with Gasteiger partial charge in [-0.1, -0.05) is 6.07 Å². The molecule has 3 heterocycles. The first-order chi connectivity index (χ1) is 16.9. The summed E-state index contributed by atoms with van der Waals surface area (Å²) in [5.74, 6) is -0.771. The third-order valence-electron chi connectivity index (χ3n) is 6.34. The molecule has 35 heavy (non-hydrogen) atoms. The average Bonchev–Trinajstić information content (AvgIpc) is 3.10. The van der Waals surface area contributed by atoms with E-state index in [1.807, 2.05) is 32.9 Å². The van der Waals surface area contributed by atoms with E-state index in [0.29, 0.717) is 43.1 Å². The SMILES string of the molecule is Cc1cc(OC(C)C)ccc1C(O)=C1C(=O)C(=O)N(CCCN2CCOCC2)[C@@H]1c1cccnc1. The summed E-state index contributed by atoms with van der Waals surface area (Å²) in [6, 6.07) is 8.23. The van der Waals surface area contributed by atoms with Gasteiger partial charge in [-0.3, -0.25) is 19.5 Å². The highest BCUT2D eigenvalue weighted by Gasteiger charge is 2.46. The fourth-order valence-electron chi connectivity index (χ4n) is 4.68. The molecule has 1 amide bonds. The number of morpholine rings is 1. The van der Waals surface area contributed by atoms with Crippen molar-refractivity contribution in [1.29, 1.82) is 0 Å². The Kier molecular flexibility index (Phi) is 7.83. The second kappa shape index (κ2) is 11.0. The van der Waals surface area contributed by atoms with Crippen molar-refractivity contribution in [2.75, 3.05) is 39.4 Å². The van der Waals surface area contributed by atoms with Gasteiger partial charge in [0.25, 0.3) is 11.7 Å². The molecule has 0 radical (unpaired) electrons. The van der Waals surface area contributed by atoms with Gasteiger partial charge in [-0.05, 0) is 62.6 Å². The van der Waals surface area contributed by atoms with Crippen LogP contribution in [-0.4, -0.2) is 77.1 Å². The van der Waals surface area contributed by atoms with Crippen LogP contribution in [0.5, 0.6) is 5.75 Å². The van der Waals surface area contributed by atoms with Gasteiger partial charge in [0, 0.05) is 44.1 Å². The quantitative estimate of drug-likeness (QED) is 0.353. The monoisotopic (exact) mass is 479 g/mol. The van der Waals surface area contributed by atoms with E-state index >= 15 is 0 Å². The third-order valence-corrected chi connectivity index (χ3v) is 6.34. The Morgan fingerprint density at radius 3 is 2.63 bits per heavy atom. The number of Topliss-reactive ketones (excluding diaryl/α,β-unsaturated/α-hetero) is 1. The van der Waals surface area contributed by atoms with Crippen LogP contribution < -0.4 is 4.74 Å². The highest BCUT2D eigenvalue weighted by molar-refractivity contribution is 6.46. The number of benzene rings is 1. The van der Waals surface area contributed by atoms with Crippen LogP contribution in [-0.2, 0) is 14.3 Å². The summed E-state index contributed by atoms with van der Waals surface area (Å²) in [6.07, 6.45) is 4.02. The Bertz CT molecular complexity index is 1090. The largest absolute Gasteiger partial charge is 0.507 e. The van der Waals surface area contributed by atoms with Gasteiger partial charge in [-0.15, -0.1) is 0 Å². The number of ketones is 1. The number of amides is 1. The molecule has 186 valence electrons. The minimum Gasteiger partial charge on any atom is -0.507 e. The highest BCUT2D eigenvalue weighted by Crippen LogP contribution is 2.40. The molecule has 0 aliphatic carbocycles. The molecule has 8 heteroatoms. The number of hydrogen-bond donors (Lipinski definition) is 1. The maximum atomic E-state index is 13.2. The van der Waals surface area contributed by atoms with Gasteiger partial charge in [0.1, 0.15) is 11.5 Å². The zero-order chi connectivity index (χ0) is 24.9. The number of pyridine rings is 1. The number of aryl methyl sites for hydroxylation is 1. The molecule has 0 unspecified atom stereocenters. The zero-order valence-corrected chi connectivity index (χ0v) is 20.6. The molecule has 2 aromatic rings. The summed E-state index contributed by atoms with van der Waals surface area (Å²) >= 11 is 0. The van der Waals surface area contributed by atoms with E-state index in [-0.39, 0.29) is 17.4 Å². The van der Waals surface area contributed by atoms with E-state index in [4.69, 9.17) is 9.47 Å². The molecule has 4 rings (SSSR count). The average molecular weight is 480 g/mol. The zero-order valence-electron chi connectivity index (χ0n) is 20.6. The van der Waals surface area contributed by atoms with Crippen LogP contribution in [0.15, 0.2) is 48.3 Å². The smallest absolute Gasteiger partial charge is 0.295 e. The van der Waals surface area contributed by atoms with Crippen LogP contribution in [0, 0.1) is 6.92 Å². The number of nitrogens with zero attached hydrogens (tertiary/aromatic N) is 3. The van der Waals surface area contributed by atoms with Gasteiger partial charge in [0.05, 0.1) is 30.9 Å². The number of carbonyl (C=O) groups excluding carboxylic acids is 2. The predicted octanol–water partition coefficient (Wildman–Crippen LogP) is 3.32. The molecule has 1 N–H and O–H groups in total. The minimum absolute atomic E-state index is 0.0159. The molecular formula is C27H33N3O5. The van der Waals surface area contributed by atoms with Gasteiger partial charge < -0.3 is 19.5 Å². The summed E-state index contributed by atoms with van der Waals surface area (Å²) in [4.78, 5) is 34.4. The molecule has 2 fully saturated rings. The molecule has 0 spiro atoms. The molecule has 2 saturated heterocycles. The molecular weight excluding hydrogens is 446 g/mol. The lowest BCUT2D eigenvalue weighted by molar-refractivity contribution is -0.140. The first kappa shape index (κ1) is 24.9. The summed E-state index contributed by atoms with van der Waals surface area (Å²) < 4.78 is 11.2. The molecule has 2 aliphatic heterocycles. The maximum absolute atomic E-state index is 13.2. The number of carbonyl (C=O) groups is 2. The minimum atomic E-state index is -0.695. The van der Waals surface area contributed by atoms with Crippen molar-refractivity contribution >= 4 is 17.4 Å². The fourth-order valence-corrected chi connectivity index (χ4v) is 4.68. The van der Waals surface area contributed by atoms with E-state index in [1.54, 1.807) is 35.5 Å². The van der Waals surface area contributed by atoms with Crippen molar-refractivity contribution in [3.63, 3.8) is 0 Å². The van der Waals surface area contributed by atoms with Crippen LogP contribution in [0.4, 0.5) is 0 Å². The number of hydrogen-bond acceptors (Lipinski definition) is 7. The first-order valence-electron chi connectivity index (χ1n) is 12.1. The van der Waals surface area contributed by atoms with E-state index in [0.717, 1.165) is 25.2 Å². The van der Waals surface area contributed by atoms with E-state index < -0.39 is 17.7 Å². The number of rotatable bonds is 8. The molecule has 2 aliphatic rings. The van der Waals surface area contributed by atoms with Crippen molar-refractivity contribution in [3.05, 3.63) is 65.0 Å². The summed E-state index contributed by atoms with van der Waals surface area (Å²) in [6.45, 7) is 10.1. The van der Waals surface area contributed by atoms with E-state index in [9.17, 15) is 14.7 Å². The van der Waals surface area contributed by atoms with Crippen molar-refractivity contribution in [2.45, 2.75) is 39.3 Å². The summed E-state index contributed by atoms with van der Waals surface area (Å²) in [5, 5.41) is 11.3. The third kappa shape index (κ3) is 5.55.